The minimum absolute atomic E-state index is 0.252. The van der Waals surface area contributed by atoms with Gasteiger partial charge in [-0.3, -0.25) is 4.79 Å². The summed E-state index contributed by atoms with van der Waals surface area (Å²) in [5, 5.41) is 14.6. The first-order valence-corrected chi connectivity index (χ1v) is 9.53. The summed E-state index contributed by atoms with van der Waals surface area (Å²) in [6.07, 6.45) is 4.28. The average molecular weight is 366 g/mol. The van der Waals surface area contributed by atoms with Gasteiger partial charge in [0.1, 0.15) is 5.52 Å². The molecule has 0 spiro atoms. The van der Waals surface area contributed by atoms with Gasteiger partial charge in [0, 0.05) is 11.6 Å². The quantitative estimate of drug-likeness (QED) is 0.737. The highest BCUT2D eigenvalue weighted by molar-refractivity contribution is 6.04. The van der Waals surface area contributed by atoms with E-state index in [2.05, 4.69) is 25.9 Å². The first-order valence-electron chi connectivity index (χ1n) is 9.53. The number of oxazole rings is 1. The Bertz CT molecular complexity index is 997. The van der Waals surface area contributed by atoms with E-state index in [1.54, 1.807) is 0 Å². The molecule has 8 heteroatoms. The van der Waals surface area contributed by atoms with Gasteiger partial charge in [-0.05, 0) is 63.9 Å². The predicted molar refractivity (Wildman–Crippen MR) is 99.8 cm³/mol. The zero-order valence-corrected chi connectivity index (χ0v) is 15.2. The van der Waals surface area contributed by atoms with E-state index < -0.39 is 0 Å². The molecule has 27 heavy (non-hydrogen) atoms. The van der Waals surface area contributed by atoms with Crippen LogP contribution in [0.3, 0.4) is 0 Å². The molecule has 2 aromatic heterocycles. The molecule has 140 valence electrons. The van der Waals surface area contributed by atoms with Crippen molar-refractivity contribution in [2.24, 2.45) is 0 Å². The normalized spacial score (nSPS) is 18.1. The van der Waals surface area contributed by atoms with Crippen molar-refractivity contribution < 1.29 is 9.21 Å². The van der Waals surface area contributed by atoms with Gasteiger partial charge in [0.15, 0.2) is 17.2 Å². The van der Waals surface area contributed by atoms with Crippen LogP contribution in [-0.2, 0) is 0 Å². The van der Waals surface area contributed by atoms with Gasteiger partial charge in [-0.1, -0.05) is 5.21 Å². The van der Waals surface area contributed by atoms with E-state index in [4.69, 9.17) is 4.42 Å². The van der Waals surface area contributed by atoms with Crippen LogP contribution in [0.2, 0.25) is 0 Å². The number of fused-ring (bicyclic) bond motifs is 1. The third-order valence-corrected chi connectivity index (χ3v) is 5.39. The molecule has 3 aromatic rings. The number of amides is 1. The standard InChI is InChI=1S/C19H22N6O2/c1-11-17(23-24-25(11)14-6-8-20-9-7-14)18(26)21-13-4-5-16-15(10-13)22-19(27-16)12-2-3-12/h4-5,10,12,14,20H,2-3,6-9H2,1H3,(H,21,26). The molecule has 1 aliphatic carbocycles. The molecule has 2 fully saturated rings. The number of hydrogen-bond acceptors (Lipinski definition) is 6. The van der Waals surface area contributed by atoms with Crippen LogP contribution in [0, 0.1) is 6.92 Å². The Morgan fingerprint density at radius 3 is 2.85 bits per heavy atom. The molecule has 2 N–H and O–H groups in total. The first kappa shape index (κ1) is 16.4. The number of hydrogen-bond donors (Lipinski definition) is 2. The lowest BCUT2D eigenvalue weighted by Crippen LogP contribution is -2.30. The highest BCUT2D eigenvalue weighted by Gasteiger charge is 2.29. The van der Waals surface area contributed by atoms with Crippen LogP contribution in [0.4, 0.5) is 5.69 Å². The fourth-order valence-electron chi connectivity index (χ4n) is 3.67. The fourth-order valence-corrected chi connectivity index (χ4v) is 3.67. The summed E-state index contributed by atoms with van der Waals surface area (Å²) in [6.45, 7) is 3.83. The van der Waals surface area contributed by atoms with Gasteiger partial charge in [0.2, 0.25) is 0 Å². The van der Waals surface area contributed by atoms with E-state index in [9.17, 15) is 4.79 Å². The van der Waals surface area contributed by atoms with Gasteiger partial charge < -0.3 is 15.1 Å². The zero-order chi connectivity index (χ0) is 18.4. The molecule has 5 rings (SSSR count). The second-order valence-corrected chi connectivity index (χ2v) is 7.41. The van der Waals surface area contributed by atoms with Crippen LogP contribution >= 0.6 is 0 Å². The summed E-state index contributed by atoms with van der Waals surface area (Å²) in [5.41, 5.74) is 3.37. The molecule has 1 saturated heterocycles. The van der Waals surface area contributed by atoms with Crippen molar-refractivity contribution in [3.63, 3.8) is 0 Å². The van der Waals surface area contributed by atoms with Gasteiger partial charge in [-0.25, -0.2) is 9.67 Å². The number of rotatable bonds is 4. The summed E-state index contributed by atoms with van der Waals surface area (Å²) >= 11 is 0. The van der Waals surface area contributed by atoms with Crippen molar-refractivity contribution in [1.82, 2.24) is 25.3 Å². The molecule has 1 aromatic carbocycles. The number of carbonyl (C=O) groups is 1. The first-order chi connectivity index (χ1) is 13.2. The third-order valence-electron chi connectivity index (χ3n) is 5.39. The van der Waals surface area contributed by atoms with Gasteiger partial charge in [-0.15, -0.1) is 5.10 Å². The van der Waals surface area contributed by atoms with Crippen LogP contribution in [0.1, 0.15) is 59.7 Å². The smallest absolute Gasteiger partial charge is 0.278 e. The summed E-state index contributed by atoms with van der Waals surface area (Å²) in [4.78, 5) is 17.2. The highest BCUT2D eigenvalue weighted by Crippen LogP contribution is 2.40. The van der Waals surface area contributed by atoms with Crippen molar-refractivity contribution in [3.8, 4) is 0 Å². The monoisotopic (exact) mass is 366 g/mol. The maximum atomic E-state index is 12.7. The molecule has 1 aliphatic heterocycles. The molecule has 2 aliphatic rings. The minimum atomic E-state index is -0.252. The van der Waals surface area contributed by atoms with E-state index in [0.717, 1.165) is 61.5 Å². The van der Waals surface area contributed by atoms with Crippen LogP contribution in [0.15, 0.2) is 22.6 Å². The Balaban J connectivity index is 1.35. The third kappa shape index (κ3) is 3.10. The number of benzene rings is 1. The number of carbonyl (C=O) groups excluding carboxylic acids is 1. The molecule has 1 saturated carbocycles. The largest absolute Gasteiger partial charge is 0.440 e. The molecular formula is C19H22N6O2. The topological polar surface area (TPSA) is 97.9 Å². The maximum Gasteiger partial charge on any atom is 0.278 e. The van der Waals surface area contributed by atoms with Crippen molar-refractivity contribution in [2.45, 2.75) is 44.6 Å². The molecular weight excluding hydrogens is 344 g/mol. The molecule has 1 amide bonds. The molecule has 3 heterocycles. The van der Waals surface area contributed by atoms with Gasteiger partial charge in [0.05, 0.1) is 11.7 Å². The lowest BCUT2D eigenvalue weighted by molar-refractivity contribution is 0.102. The SMILES string of the molecule is Cc1c(C(=O)Nc2ccc3oc(C4CC4)nc3c2)nnn1C1CCNCC1. The number of piperidine rings is 1. The molecule has 8 nitrogen and oxygen atoms in total. The van der Waals surface area contributed by atoms with Crippen molar-refractivity contribution >= 4 is 22.7 Å². The lowest BCUT2D eigenvalue weighted by atomic mass is 10.1. The van der Waals surface area contributed by atoms with E-state index in [0.29, 0.717) is 23.3 Å². The molecule has 0 atom stereocenters. The number of aromatic nitrogens is 4. The Morgan fingerprint density at radius 2 is 2.07 bits per heavy atom. The van der Waals surface area contributed by atoms with Crippen molar-refractivity contribution in [3.05, 3.63) is 35.5 Å². The zero-order valence-electron chi connectivity index (χ0n) is 15.2. The van der Waals surface area contributed by atoms with Crippen LogP contribution in [0.5, 0.6) is 0 Å². The van der Waals surface area contributed by atoms with Crippen molar-refractivity contribution in [1.29, 1.82) is 0 Å². The van der Waals surface area contributed by atoms with Gasteiger partial charge >= 0.3 is 0 Å². The summed E-state index contributed by atoms with van der Waals surface area (Å²) < 4.78 is 7.66. The van der Waals surface area contributed by atoms with Crippen LogP contribution in [0.25, 0.3) is 11.1 Å². The van der Waals surface area contributed by atoms with Crippen molar-refractivity contribution in [2.75, 3.05) is 18.4 Å². The van der Waals surface area contributed by atoms with E-state index in [-0.39, 0.29) is 5.91 Å². The van der Waals surface area contributed by atoms with Crippen LogP contribution < -0.4 is 10.6 Å². The lowest BCUT2D eigenvalue weighted by Gasteiger charge is -2.23. The second-order valence-electron chi connectivity index (χ2n) is 7.41. The Labute approximate surface area is 156 Å². The maximum absolute atomic E-state index is 12.7. The fraction of sp³-hybridized carbons (Fsp3) is 0.474. The number of nitrogens with zero attached hydrogens (tertiary/aromatic N) is 4. The number of anilines is 1. The Kier molecular flexibility index (Phi) is 3.93. The van der Waals surface area contributed by atoms with E-state index >= 15 is 0 Å². The summed E-state index contributed by atoms with van der Waals surface area (Å²) in [6, 6.07) is 5.82. The molecule has 0 bridgehead atoms. The Morgan fingerprint density at radius 1 is 1.26 bits per heavy atom. The number of nitrogens with one attached hydrogen (secondary N) is 2. The second kappa shape index (κ2) is 6.45. The molecule has 0 unspecified atom stereocenters. The minimum Gasteiger partial charge on any atom is -0.440 e. The molecule has 0 radical (unpaired) electrons. The average Bonchev–Trinajstić information content (AvgIpc) is 3.33. The van der Waals surface area contributed by atoms with Crippen LogP contribution in [-0.4, -0.2) is 39.0 Å². The highest BCUT2D eigenvalue weighted by atomic mass is 16.3. The Hall–Kier alpha value is -2.74. The summed E-state index contributed by atoms with van der Waals surface area (Å²) in [7, 11) is 0. The van der Waals surface area contributed by atoms with E-state index in [1.807, 2.05) is 29.8 Å². The van der Waals surface area contributed by atoms with Gasteiger partial charge in [-0.2, -0.15) is 0 Å². The summed E-state index contributed by atoms with van der Waals surface area (Å²) in [5.74, 6) is 1.01. The predicted octanol–water partition coefficient (Wildman–Crippen LogP) is 2.78. The van der Waals surface area contributed by atoms with Gasteiger partial charge in [0.25, 0.3) is 5.91 Å². The van der Waals surface area contributed by atoms with E-state index in [1.165, 1.54) is 0 Å².